The summed E-state index contributed by atoms with van der Waals surface area (Å²) in [4.78, 5) is 2.90. The number of fused-ring (bicyclic) bond motifs is 5. The first kappa shape index (κ1) is 23.3. The van der Waals surface area contributed by atoms with E-state index in [-0.39, 0.29) is 17.8 Å². The minimum Gasteiger partial charge on any atom is -0.457 e. The first-order valence-electron chi connectivity index (χ1n) is 18.2. The SMILES string of the molecule is [2H]c1c([2H])c([2H])c(N(c2ccc(Oc3ccccc3)cc2)c2ccc(-c3cccc4sc5c(-c6ccccc6)c6ccccc6n5c34)cc2)c([2H])c1[2H]. The molecule has 0 fully saturated rings. The molecular weight excluding hydrogens is 605 g/mol. The number of aromatic nitrogens is 1. The van der Waals surface area contributed by atoms with Crippen LogP contribution in [0.25, 0.3) is 48.2 Å². The van der Waals surface area contributed by atoms with E-state index >= 15 is 0 Å². The summed E-state index contributed by atoms with van der Waals surface area (Å²) in [5.74, 6) is 1.31. The number of rotatable bonds is 7. The van der Waals surface area contributed by atoms with Gasteiger partial charge in [-0.15, -0.1) is 11.3 Å². The molecule has 7 aromatic carbocycles. The molecule has 4 heteroatoms. The highest BCUT2D eigenvalue weighted by atomic mass is 32.1. The van der Waals surface area contributed by atoms with Crippen LogP contribution >= 0.6 is 11.3 Å². The molecule has 0 aliphatic heterocycles. The topological polar surface area (TPSA) is 16.9 Å². The number of thiazole rings is 1. The maximum atomic E-state index is 8.87. The largest absolute Gasteiger partial charge is 0.457 e. The van der Waals surface area contributed by atoms with Gasteiger partial charge in [-0.1, -0.05) is 109 Å². The molecule has 9 rings (SSSR count). The van der Waals surface area contributed by atoms with E-state index in [2.05, 4.69) is 71.1 Å². The minimum atomic E-state index is -0.436. The summed E-state index contributed by atoms with van der Waals surface area (Å²) >= 11 is 1.78. The summed E-state index contributed by atoms with van der Waals surface area (Å²) < 4.78 is 52.4. The van der Waals surface area contributed by atoms with Crippen LogP contribution in [0, 0.1) is 0 Å². The van der Waals surface area contributed by atoms with Gasteiger partial charge in [-0.25, -0.2) is 0 Å². The first-order valence-corrected chi connectivity index (χ1v) is 16.5. The Bertz CT molecular complexity index is 2770. The fourth-order valence-electron chi connectivity index (χ4n) is 6.43. The minimum absolute atomic E-state index is 0.0642. The van der Waals surface area contributed by atoms with E-state index in [9.17, 15) is 0 Å². The molecule has 0 saturated heterocycles. The molecule has 0 spiro atoms. The molecule has 228 valence electrons. The second-order valence-electron chi connectivity index (χ2n) is 11.4. The van der Waals surface area contributed by atoms with Crippen LogP contribution in [-0.2, 0) is 0 Å². The third-order valence-corrected chi connectivity index (χ3v) is 9.67. The molecule has 0 radical (unpaired) electrons. The molecule has 3 nitrogen and oxygen atoms in total. The Hall–Kier alpha value is -6.10. The zero-order valence-corrected chi connectivity index (χ0v) is 26.5. The van der Waals surface area contributed by atoms with Crippen molar-refractivity contribution in [1.82, 2.24) is 4.40 Å². The summed E-state index contributed by atoms with van der Waals surface area (Å²) in [6.45, 7) is 0. The Labute approximate surface area is 290 Å². The van der Waals surface area contributed by atoms with Crippen molar-refractivity contribution in [3.8, 4) is 33.8 Å². The number of hydrogen-bond donors (Lipinski definition) is 0. The van der Waals surface area contributed by atoms with Crippen molar-refractivity contribution in [2.45, 2.75) is 0 Å². The van der Waals surface area contributed by atoms with Gasteiger partial charge in [0.15, 0.2) is 0 Å². The van der Waals surface area contributed by atoms with Gasteiger partial charge >= 0.3 is 0 Å². The zero-order valence-electron chi connectivity index (χ0n) is 30.6. The van der Waals surface area contributed by atoms with Gasteiger partial charge in [0.1, 0.15) is 16.3 Å². The van der Waals surface area contributed by atoms with Gasteiger partial charge in [-0.3, -0.25) is 4.40 Å². The molecule has 0 saturated carbocycles. The third kappa shape index (κ3) is 4.91. The van der Waals surface area contributed by atoms with E-state index in [0.29, 0.717) is 22.9 Å². The van der Waals surface area contributed by atoms with E-state index in [1.165, 1.54) is 26.0 Å². The Balaban J connectivity index is 1.18. The standard InChI is InChI=1S/C44H30N2OS/c1-4-13-32(14-5-1)42-39-19-10-11-21-40(39)46-43-38(20-12-22-41(43)48-44(42)46)31-23-25-34(26-24-31)45(33-15-6-2-7-16-33)35-27-29-37(30-28-35)47-36-17-8-3-9-18-36/h1-30H/i2D,6D,7D,15D,16D. The maximum Gasteiger partial charge on any atom is 0.127 e. The molecule has 2 aromatic heterocycles. The number of nitrogens with zero attached hydrogens (tertiary/aromatic N) is 2. The van der Waals surface area contributed by atoms with Crippen LogP contribution in [0.5, 0.6) is 11.5 Å². The first-order chi connectivity index (χ1) is 25.9. The highest BCUT2D eigenvalue weighted by molar-refractivity contribution is 7.24. The lowest BCUT2D eigenvalue weighted by Gasteiger charge is -2.26. The Morgan fingerprint density at radius 2 is 1.19 bits per heavy atom. The summed E-state index contributed by atoms with van der Waals surface area (Å²) in [6.07, 6.45) is 0. The van der Waals surface area contributed by atoms with Crippen molar-refractivity contribution in [2.75, 3.05) is 4.90 Å². The van der Waals surface area contributed by atoms with E-state index in [4.69, 9.17) is 11.6 Å². The van der Waals surface area contributed by atoms with E-state index in [1.807, 2.05) is 84.9 Å². The van der Waals surface area contributed by atoms with Gasteiger partial charge in [-0.2, -0.15) is 0 Å². The predicted octanol–water partition coefficient (Wildman–Crippen LogP) is 12.9. The Kier molecular flexibility index (Phi) is 5.78. The van der Waals surface area contributed by atoms with E-state index in [0.717, 1.165) is 22.2 Å². The number of anilines is 3. The Morgan fingerprint density at radius 1 is 0.542 bits per heavy atom. The molecule has 0 unspecified atom stereocenters. The zero-order chi connectivity index (χ0) is 36.2. The van der Waals surface area contributed by atoms with Crippen LogP contribution in [-0.4, -0.2) is 4.40 Å². The highest BCUT2D eigenvalue weighted by Gasteiger charge is 2.20. The second-order valence-corrected chi connectivity index (χ2v) is 12.4. The van der Waals surface area contributed by atoms with Crippen molar-refractivity contribution >= 4 is 54.3 Å². The molecule has 0 bridgehead atoms. The molecule has 48 heavy (non-hydrogen) atoms. The summed E-state index contributed by atoms with van der Waals surface area (Å²) in [5, 5.41) is 1.20. The van der Waals surface area contributed by atoms with Crippen molar-refractivity contribution in [2.24, 2.45) is 0 Å². The van der Waals surface area contributed by atoms with Crippen molar-refractivity contribution in [1.29, 1.82) is 0 Å². The molecular formula is C44H30N2OS. The van der Waals surface area contributed by atoms with Crippen LogP contribution in [0.2, 0.25) is 0 Å². The van der Waals surface area contributed by atoms with Gasteiger partial charge in [0, 0.05) is 33.6 Å². The van der Waals surface area contributed by atoms with Gasteiger partial charge in [0.05, 0.1) is 22.6 Å². The summed E-state index contributed by atoms with van der Waals surface area (Å²) in [7, 11) is 0. The highest BCUT2D eigenvalue weighted by Crippen LogP contribution is 2.45. The lowest BCUT2D eigenvalue weighted by atomic mass is 10.0. The van der Waals surface area contributed by atoms with Crippen LogP contribution < -0.4 is 9.64 Å². The van der Waals surface area contributed by atoms with E-state index in [1.54, 1.807) is 16.2 Å². The Morgan fingerprint density at radius 3 is 1.94 bits per heavy atom. The lowest BCUT2D eigenvalue weighted by Crippen LogP contribution is -2.09. The van der Waals surface area contributed by atoms with Gasteiger partial charge in [0.2, 0.25) is 0 Å². The molecule has 9 aromatic rings. The fourth-order valence-corrected chi connectivity index (χ4v) is 7.70. The van der Waals surface area contributed by atoms with Gasteiger partial charge in [0.25, 0.3) is 0 Å². The van der Waals surface area contributed by atoms with Crippen LogP contribution in [0.4, 0.5) is 17.1 Å². The molecule has 2 heterocycles. The normalized spacial score (nSPS) is 12.8. The van der Waals surface area contributed by atoms with Crippen molar-refractivity contribution in [3.63, 3.8) is 0 Å². The summed E-state index contributed by atoms with van der Waals surface area (Å²) in [5.41, 5.74) is 8.04. The van der Waals surface area contributed by atoms with Crippen LogP contribution in [0.3, 0.4) is 0 Å². The predicted molar refractivity (Wildman–Crippen MR) is 202 cm³/mol. The smallest absolute Gasteiger partial charge is 0.127 e. The number of benzene rings is 7. The average molecular weight is 640 g/mol. The quantitative estimate of drug-likeness (QED) is 0.173. The number of hydrogen-bond acceptors (Lipinski definition) is 3. The molecule has 0 aliphatic rings. The van der Waals surface area contributed by atoms with Gasteiger partial charge < -0.3 is 9.64 Å². The molecule has 0 aliphatic carbocycles. The van der Waals surface area contributed by atoms with E-state index < -0.39 is 18.1 Å². The molecule has 0 amide bonds. The third-order valence-electron chi connectivity index (χ3n) is 8.54. The maximum absolute atomic E-state index is 8.87. The fraction of sp³-hybridized carbons (Fsp3) is 0. The number of para-hydroxylation sites is 4. The summed E-state index contributed by atoms with van der Waals surface area (Å²) in [6, 6.07) is 48.4. The molecule has 0 atom stereocenters. The van der Waals surface area contributed by atoms with Crippen LogP contribution in [0.15, 0.2) is 182 Å². The average Bonchev–Trinajstić information content (AvgIpc) is 3.74. The van der Waals surface area contributed by atoms with Crippen LogP contribution in [0.1, 0.15) is 6.85 Å². The van der Waals surface area contributed by atoms with Crippen molar-refractivity contribution < 1.29 is 11.6 Å². The monoisotopic (exact) mass is 639 g/mol. The number of ether oxygens (including phenoxy) is 1. The second kappa shape index (κ2) is 11.9. The van der Waals surface area contributed by atoms with Crippen molar-refractivity contribution in [3.05, 3.63) is 182 Å². The molecule has 0 N–H and O–H groups in total. The lowest BCUT2D eigenvalue weighted by molar-refractivity contribution is 0.483. The van der Waals surface area contributed by atoms with Gasteiger partial charge in [-0.05, 0) is 83.9 Å².